The first kappa shape index (κ1) is 18.7. The Morgan fingerprint density at radius 3 is 1.85 bits per heavy atom. The third-order valence-electron chi connectivity index (χ3n) is 4.03. The zero-order chi connectivity index (χ0) is 19.3. The summed E-state index contributed by atoms with van der Waals surface area (Å²) in [5.74, 6) is -0.378. The first-order chi connectivity index (χ1) is 12.0. The third-order valence-corrected chi connectivity index (χ3v) is 4.54. The molecule has 0 aromatic heterocycles. The Hall–Kier alpha value is -2.09. The van der Waals surface area contributed by atoms with Crippen molar-refractivity contribution in [1.29, 1.82) is 0 Å². The standard InChI is InChI=1S/C18H9BrF6O/c19-8-16(26)15-5-9-1-2-10(17(20,21)22)6-13(9)14-7-11(18(23,24)25)3-4-12(14)15/h1-7H,8H2. The van der Waals surface area contributed by atoms with Crippen molar-refractivity contribution in [3.63, 3.8) is 0 Å². The van der Waals surface area contributed by atoms with Gasteiger partial charge in [0.15, 0.2) is 5.78 Å². The summed E-state index contributed by atoms with van der Waals surface area (Å²) in [4.78, 5) is 12.1. The van der Waals surface area contributed by atoms with Gasteiger partial charge in [-0.1, -0.05) is 28.1 Å². The van der Waals surface area contributed by atoms with Crippen LogP contribution in [0.15, 0.2) is 42.5 Å². The monoisotopic (exact) mass is 434 g/mol. The van der Waals surface area contributed by atoms with E-state index in [0.717, 1.165) is 36.4 Å². The second-order valence-corrected chi connectivity index (χ2v) is 6.23. The van der Waals surface area contributed by atoms with Crippen LogP contribution in [-0.4, -0.2) is 11.1 Å². The van der Waals surface area contributed by atoms with Crippen molar-refractivity contribution in [2.45, 2.75) is 12.4 Å². The molecular formula is C18H9BrF6O. The van der Waals surface area contributed by atoms with Crippen LogP contribution in [-0.2, 0) is 12.4 Å². The lowest BCUT2D eigenvalue weighted by Crippen LogP contribution is -2.07. The lowest BCUT2D eigenvalue weighted by Gasteiger charge is -2.14. The minimum Gasteiger partial charge on any atom is -0.293 e. The number of hydrogen-bond donors (Lipinski definition) is 0. The average Bonchev–Trinajstić information content (AvgIpc) is 2.57. The van der Waals surface area contributed by atoms with Gasteiger partial charge in [-0.2, -0.15) is 26.3 Å². The normalized spacial score (nSPS) is 12.7. The second kappa shape index (κ2) is 6.26. The molecule has 0 heterocycles. The maximum absolute atomic E-state index is 13.1. The highest BCUT2D eigenvalue weighted by Gasteiger charge is 2.32. The molecule has 8 heteroatoms. The number of halogens is 7. The molecule has 0 spiro atoms. The molecule has 0 saturated carbocycles. The summed E-state index contributed by atoms with van der Waals surface area (Å²) in [6, 6.07) is 6.91. The van der Waals surface area contributed by atoms with Gasteiger partial charge in [0.25, 0.3) is 0 Å². The van der Waals surface area contributed by atoms with E-state index in [4.69, 9.17) is 0 Å². The van der Waals surface area contributed by atoms with Crippen LogP contribution in [0.5, 0.6) is 0 Å². The number of fused-ring (bicyclic) bond motifs is 3. The molecule has 0 radical (unpaired) electrons. The molecule has 0 aliphatic rings. The van der Waals surface area contributed by atoms with Crippen LogP contribution in [0.2, 0.25) is 0 Å². The molecular weight excluding hydrogens is 426 g/mol. The van der Waals surface area contributed by atoms with Crippen molar-refractivity contribution >= 4 is 43.3 Å². The van der Waals surface area contributed by atoms with E-state index in [1.165, 1.54) is 6.07 Å². The summed E-state index contributed by atoms with van der Waals surface area (Å²) in [7, 11) is 0. The summed E-state index contributed by atoms with van der Waals surface area (Å²) in [5, 5.41) is 0.332. The largest absolute Gasteiger partial charge is 0.416 e. The molecule has 0 atom stereocenters. The molecule has 1 nitrogen and oxygen atoms in total. The van der Waals surface area contributed by atoms with Crippen LogP contribution in [0.4, 0.5) is 26.3 Å². The van der Waals surface area contributed by atoms with Crippen LogP contribution in [0.1, 0.15) is 21.5 Å². The van der Waals surface area contributed by atoms with Crippen molar-refractivity contribution < 1.29 is 31.1 Å². The van der Waals surface area contributed by atoms with Gasteiger partial charge in [0, 0.05) is 5.56 Å². The average molecular weight is 435 g/mol. The Kier molecular flexibility index (Phi) is 4.50. The smallest absolute Gasteiger partial charge is 0.293 e. The SMILES string of the molecule is O=C(CBr)c1cc2ccc(C(F)(F)F)cc2c2cc(C(F)(F)F)ccc12. The zero-order valence-corrected chi connectivity index (χ0v) is 14.4. The van der Waals surface area contributed by atoms with E-state index in [9.17, 15) is 31.1 Å². The van der Waals surface area contributed by atoms with E-state index in [2.05, 4.69) is 15.9 Å². The molecule has 0 aliphatic carbocycles. The second-order valence-electron chi connectivity index (χ2n) is 5.67. The molecule has 0 amide bonds. The minimum absolute atomic E-state index is 0.00653. The van der Waals surface area contributed by atoms with Crippen LogP contribution in [0.25, 0.3) is 21.5 Å². The van der Waals surface area contributed by atoms with E-state index in [-0.39, 0.29) is 38.2 Å². The van der Waals surface area contributed by atoms with Crippen molar-refractivity contribution in [1.82, 2.24) is 0 Å². The fourth-order valence-corrected chi connectivity index (χ4v) is 3.11. The summed E-state index contributed by atoms with van der Waals surface area (Å²) >= 11 is 3.01. The summed E-state index contributed by atoms with van der Waals surface area (Å²) < 4.78 is 78.2. The van der Waals surface area contributed by atoms with E-state index in [0.29, 0.717) is 0 Å². The van der Waals surface area contributed by atoms with Crippen LogP contribution >= 0.6 is 15.9 Å². The highest BCUT2D eigenvalue weighted by atomic mass is 79.9. The number of rotatable bonds is 2. The predicted octanol–water partition coefficient (Wildman–Crippen LogP) is 6.61. The van der Waals surface area contributed by atoms with Gasteiger partial charge in [-0.05, 0) is 51.9 Å². The molecule has 3 rings (SSSR count). The minimum atomic E-state index is -4.66. The maximum Gasteiger partial charge on any atom is 0.416 e. The van der Waals surface area contributed by atoms with Gasteiger partial charge in [0.05, 0.1) is 16.5 Å². The third kappa shape index (κ3) is 3.30. The van der Waals surface area contributed by atoms with E-state index in [1.807, 2.05) is 0 Å². The molecule has 0 N–H and O–H groups in total. The molecule has 3 aromatic carbocycles. The summed E-state index contributed by atoms with van der Waals surface area (Å²) in [6.45, 7) is 0. The number of alkyl halides is 7. The van der Waals surface area contributed by atoms with Crippen molar-refractivity contribution in [2.75, 3.05) is 5.33 Å². The van der Waals surface area contributed by atoms with E-state index >= 15 is 0 Å². The van der Waals surface area contributed by atoms with Crippen LogP contribution in [0, 0.1) is 0 Å². The number of carbonyl (C=O) groups is 1. The van der Waals surface area contributed by atoms with Gasteiger partial charge in [-0.25, -0.2) is 0 Å². The van der Waals surface area contributed by atoms with E-state index < -0.39 is 23.5 Å². The Balaban J connectivity index is 2.45. The van der Waals surface area contributed by atoms with Crippen LogP contribution in [0.3, 0.4) is 0 Å². The van der Waals surface area contributed by atoms with E-state index in [1.54, 1.807) is 0 Å². The highest BCUT2D eigenvalue weighted by molar-refractivity contribution is 9.09. The molecule has 0 unspecified atom stereocenters. The fraction of sp³-hybridized carbons (Fsp3) is 0.167. The molecule has 0 bridgehead atoms. The topological polar surface area (TPSA) is 17.1 Å². The van der Waals surface area contributed by atoms with Gasteiger partial charge in [0.1, 0.15) is 0 Å². The molecule has 26 heavy (non-hydrogen) atoms. The number of benzene rings is 3. The van der Waals surface area contributed by atoms with Gasteiger partial charge in [-0.15, -0.1) is 0 Å². The van der Waals surface area contributed by atoms with Gasteiger partial charge in [-0.3, -0.25) is 4.79 Å². The van der Waals surface area contributed by atoms with Gasteiger partial charge in [0.2, 0.25) is 0 Å². The number of carbonyl (C=O) groups excluding carboxylic acids is 1. The molecule has 0 saturated heterocycles. The molecule has 0 aliphatic heterocycles. The Bertz CT molecular complexity index is 1020. The number of Topliss-reactive ketones (excluding diaryl/α,β-unsaturated/α-hetero) is 1. The van der Waals surface area contributed by atoms with Crippen molar-refractivity contribution in [3.8, 4) is 0 Å². The summed E-state index contributed by atoms with van der Waals surface area (Å²) in [6.07, 6.45) is -9.29. The highest BCUT2D eigenvalue weighted by Crippen LogP contribution is 2.38. The van der Waals surface area contributed by atoms with Gasteiger partial charge >= 0.3 is 12.4 Å². The molecule has 136 valence electrons. The summed E-state index contributed by atoms with van der Waals surface area (Å²) in [5.41, 5.74) is -1.81. The molecule has 3 aromatic rings. The fourth-order valence-electron chi connectivity index (χ4n) is 2.81. The zero-order valence-electron chi connectivity index (χ0n) is 12.8. The van der Waals surface area contributed by atoms with Crippen molar-refractivity contribution in [3.05, 3.63) is 59.2 Å². The number of ketones is 1. The lowest BCUT2D eigenvalue weighted by molar-refractivity contribution is -0.138. The first-order valence-electron chi connectivity index (χ1n) is 7.26. The maximum atomic E-state index is 13.1. The van der Waals surface area contributed by atoms with Crippen molar-refractivity contribution in [2.24, 2.45) is 0 Å². The number of hydrogen-bond acceptors (Lipinski definition) is 1. The lowest BCUT2D eigenvalue weighted by atomic mass is 9.93. The van der Waals surface area contributed by atoms with Crippen LogP contribution < -0.4 is 0 Å². The Morgan fingerprint density at radius 1 is 0.769 bits per heavy atom. The molecule has 0 fully saturated rings. The quantitative estimate of drug-likeness (QED) is 0.192. The Morgan fingerprint density at radius 2 is 1.31 bits per heavy atom. The Labute approximate surface area is 151 Å². The first-order valence-corrected chi connectivity index (χ1v) is 8.38. The van der Waals surface area contributed by atoms with Gasteiger partial charge < -0.3 is 0 Å². The predicted molar refractivity (Wildman–Crippen MR) is 89.6 cm³/mol.